The number of nitro groups is 1. The first-order valence-corrected chi connectivity index (χ1v) is 7.57. The average Bonchev–Trinajstić information content (AvgIpc) is 2.43. The van der Waals surface area contributed by atoms with Crippen molar-refractivity contribution in [3.05, 3.63) is 33.9 Å². The summed E-state index contributed by atoms with van der Waals surface area (Å²) in [7, 11) is 1.69. The molecule has 0 bridgehead atoms. The van der Waals surface area contributed by atoms with Gasteiger partial charge in [0.25, 0.3) is 11.6 Å². The summed E-state index contributed by atoms with van der Waals surface area (Å²) in [5.41, 5.74) is 6.06. The minimum atomic E-state index is -0.534. The van der Waals surface area contributed by atoms with E-state index in [1.807, 2.05) is 13.2 Å². The fourth-order valence-electron chi connectivity index (χ4n) is 1.72. The number of benzene rings is 1. The fourth-order valence-corrected chi connectivity index (χ4v) is 2.29. The Labute approximate surface area is 122 Å². The van der Waals surface area contributed by atoms with Crippen molar-refractivity contribution in [1.82, 2.24) is 4.90 Å². The van der Waals surface area contributed by atoms with E-state index in [9.17, 15) is 14.9 Å². The maximum atomic E-state index is 12.4. The summed E-state index contributed by atoms with van der Waals surface area (Å²) in [5.74, 6) is 0.656. The van der Waals surface area contributed by atoms with Crippen LogP contribution in [0.2, 0.25) is 0 Å². The number of hydrogen-bond acceptors (Lipinski definition) is 5. The van der Waals surface area contributed by atoms with Crippen LogP contribution < -0.4 is 5.73 Å². The van der Waals surface area contributed by atoms with Gasteiger partial charge in [0.15, 0.2) is 0 Å². The van der Waals surface area contributed by atoms with Crippen LogP contribution in [-0.4, -0.2) is 40.8 Å². The SMILES string of the molecule is CSCCC(C)N(C)C(=O)c1cc([N+](=O)[O-])ccc1N. The summed E-state index contributed by atoms with van der Waals surface area (Å²) >= 11 is 1.71. The Morgan fingerprint density at radius 3 is 2.75 bits per heavy atom. The van der Waals surface area contributed by atoms with Crippen molar-refractivity contribution in [3.63, 3.8) is 0 Å². The van der Waals surface area contributed by atoms with Gasteiger partial charge in [-0.2, -0.15) is 11.8 Å². The Hall–Kier alpha value is -1.76. The molecule has 1 rings (SSSR count). The number of carbonyl (C=O) groups excluding carboxylic acids is 1. The van der Waals surface area contributed by atoms with Gasteiger partial charge in [-0.25, -0.2) is 0 Å². The third-order valence-corrected chi connectivity index (χ3v) is 3.84. The summed E-state index contributed by atoms with van der Waals surface area (Å²) in [5, 5.41) is 10.8. The topological polar surface area (TPSA) is 89.5 Å². The molecule has 0 fully saturated rings. The lowest BCUT2D eigenvalue weighted by atomic mass is 10.1. The van der Waals surface area contributed by atoms with E-state index >= 15 is 0 Å². The maximum absolute atomic E-state index is 12.4. The van der Waals surface area contributed by atoms with Gasteiger partial charge < -0.3 is 10.6 Å². The van der Waals surface area contributed by atoms with Crippen LogP contribution >= 0.6 is 11.8 Å². The summed E-state index contributed by atoms with van der Waals surface area (Å²) in [6, 6.07) is 3.97. The van der Waals surface area contributed by atoms with Gasteiger partial charge in [0.1, 0.15) is 0 Å². The molecule has 0 aliphatic heterocycles. The molecule has 1 atom stereocenters. The molecule has 110 valence electrons. The van der Waals surface area contributed by atoms with Crippen LogP contribution in [0.25, 0.3) is 0 Å². The van der Waals surface area contributed by atoms with E-state index < -0.39 is 4.92 Å². The highest BCUT2D eigenvalue weighted by Crippen LogP contribution is 2.22. The zero-order valence-corrected chi connectivity index (χ0v) is 12.6. The molecular formula is C13H19N3O3S. The molecule has 0 radical (unpaired) electrons. The summed E-state index contributed by atoms with van der Waals surface area (Å²) in [4.78, 5) is 24.2. The van der Waals surface area contributed by atoms with Crippen molar-refractivity contribution >= 4 is 29.0 Å². The highest BCUT2D eigenvalue weighted by atomic mass is 32.2. The number of amides is 1. The van der Waals surface area contributed by atoms with Crippen molar-refractivity contribution < 1.29 is 9.72 Å². The van der Waals surface area contributed by atoms with E-state index in [-0.39, 0.29) is 28.9 Å². The summed E-state index contributed by atoms with van der Waals surface area (Å²) < 4.78 is 0. The molecule has 20 heavy (non-hydrogen) atoms. The molecule has 0 aromatic heterocycles. The Morgan fingerprint density at radius 1 is 1.55 bits per heavy atom. The third-order valence-electron chi connectivity index (χ3n) is 3.20. The van der Waals surface area contributed by atoms with E-state index in [1.165, 1.54) is 18.2 Å². The van der Waals surface area contributed by atoms with Crippen LogP contribution in [0, 0.1) is 10.1 Å². The first-order chi connectivity index (χ1) is 9.38. The summed E-state index contributed by atoms with van der Waals surface area (Å²) in [6.45, 7) is 1.95. The van der Waals surface area contributed by atoms with Crippen LogP contribution in [0.15, 0.2) is 18.2 Å². The number of anilines is 1. The smallest absolute Gasteiger partial charge is 0.270 e. The number of nitro benzene ring substituents is 1. The predicted molar refractivity (Wildman–Crippen MR) is 82.1 cm³/mol. The Morgan fingerprint density at radius 2 is 2.20 bits per heavy atom. The molecule has 2 N–H and O–H groups in total. The van der Waals surface area contributed by atoms with Crippen LogP contribution in [0.5, 0.6) is 0 Å². The van der Waals surface area contributed by atoms with Crippen LogP contribution in [0.3, 0.4) is 0 Å². The molecule has 1 aromatic carbocycles. The minimum Gasteiger partial charge on any atom is -0.398 e. The third kappa shape index (κ3) is 3.86. The molecule has 1 unspecified atom stereocenters. The number of nitrogen functional groups attached to an aromatic ring is 1. The molecular weight excluding hydrogens is 278 g/mol. The van der Waals surface area contributed by atoms with Crippen molar-refractivity contribution in [1.29, 1.82) is 0 Å². The Balaban J connectivity index is 2.96. The van der Waals surface area contributed by atoms with Crippen molar-refractivity contribution in [2.75, 3.05) is 24.8 Å². The van der Waals surface area contributed by atoms with Crippen molar-refractivity contribution in [2.24, 2.45) is 0 Å². The van der Waals surface area contributed by atoms with E-state index in [0.717, 1.165) is 12.2 Å². The monoisotopic (exact) mass is 297 g/mol. The number of hydrogen-bond donors (Lipinski definition) is 1. The Kier molecular flexibility index (Phi) is 5.82. The van der Waals surface area contributed by atoms with Gasteiger partial charge in [-0.15, -0.1) is 0 Å². The van der Waals surface area contributed by atoms with Gasteiger partial charge in [0.05, 0.1) is 10.5 Å². The molecule has 0 aliphatic carbocycles. The molecule has 0 heterocycles. The molecule has 0 saturated heterocycles. The first kappa shape index (κ1) is 16.3. The predicted octanol–water partition coefficient (Wildman–Crippen LogP) is 2.39. The average molecular weight is 297 g/mol. The van der Waals surface area contributed by atoms with Gasteiger partial charge in [-0.3, -0.25) is 14.9 Å². The maximum Gasteiger partial charge on any atom is 0.270 e. The lowest BCUT2D eigenvalue weighted by molar-refractivity contribution is -0.384. The van der Waals surface area contributed by atoms with E-state index in [1.54, 1.807) is 23.7 Å². The number of nitrogens with two attached hydrogens (primary N) is 1. The molecule has 7 heteroatoms. The van der Waals surface area contributed by atoms with Crippen LogP contribution in [0.1, 0.15) is 23.7 Å². The minimum absolute atomic E-state index is 0.0496. The van der Waals surface area contributed by atoms with Gasteiger partial charge >= 0.3 is 0 Å². The standard InChI is InChI=1S/C13H19N3O3S/c1-9(6-7-20-3)15(2)13(17)11-8-10(16(18)19)4-5-12(11)14/h4-5,8-9H,6-7,14H2,1-3H3. The van der Waals surface area contributed by atoms with Gasteiger partial charge in [-0.1, -0.05) is 0 Å². The van der Waals surface area contributed by atoms with Crippen LogP contribution in [-0.2, 0) is 0 Å². The molecule has 1 aromatic rings. The van der Waals surface area contributed by atoms with Gasteiger partial charge in [0, 0.05) is 30.9 Å². The molecule has 0 aliphatic rings. The molecule has 0 saturated carbocycles. The second kappa shape index (κ2) is 7.14. The zero-order chi connectivity index (χ0) is 15.3. The fraction of sp³-hybridized carbons (Fsp3) is 0.462. The number of thioether (sulfide) groups is 1. The van der Waals surface area contributed by atoms with E-state index in [0.29, 0.717) is 0 Å². The molecule has 1 amide bonds. The van der Waals surface area contributed by atoms with Gasteiger partial charge in [0.2, 0.25) is 0 Å². The molecule has 6 nitrogen and oxygen atoms in total. The van der Waals surface area contributed by atoms with Crippen molar-refractivity contribution in [2.45, 2.75) is 19.4 Å². The number of carbonyl (C=O) groups is 1. The lowest BCUT2D eigenvalue weighted by Gasteiger charge is -2.25. The highest BCUT2D eigenvalue weighted by molar-refractivity contribution is 7.98. The second-order valence-electron chi connectivity index (χ2n) is 4.58. The second-order valence-corrected chi connectivity index (χ2v) is 5.56. The quantitative estimate of drug-likeness (QED) is 0.494. The normalized spacial score (nSPS) is 11.9. The molecule has 0 spiro atoms. The first-order valence-electron chi connectivity index (χ1n) is 6.18. The van der Waals surface area contributed by atoms with Crippen molar-refractivity contribution in [3.8, 4) is 0 Å². The van der Waals surface area contributed by atoms with Gasteiger partial charge in [-0.05, 0) is 31.4 Å². The van der Waals surface area contributed by atoms with E-state index in [2.05, 4.69) is 0 Å². The highest BCUT2D eigenvalue weighted by Gasteiger charge is 2.21. The van der Waals surface area contributed by atoms with E-state index in [4.69, 9.17) is 5.73 Å². The zero-order valence-electron chi connectivity index (χ0n) is 11.8. The largest absolute Gasteiger partial charge is 0.398 e. The Bertz CT molecular complexity index is 508. The summed E-state index contributed by atoms with van der Waals surface area (Å²) in [6.07, 6.45) is 2.87. The number of non-ortho nitro benzene ring substituents is 1. The van der Waals surface area contributed by atoms with Crippen LogP contribution in [0.4, 0.5) is 11.4 Å². The lowest BCUT2D eigenvalue weighted by Crippen LogP contribution is -2.35. The number of nitrogens with zero attached hydrogens (tertiary/aromatic N) is 2. The number of rotatable bonds is 6.